The largest absolute Gasteiger partial charge is 0.472 e. The minimum Gasteiger partial charge on any atom is -0.472 e. The van der Waals surface area contributed by atoms with E-state index in [1.165, 1.54) is 36.9 Å². The predicted octanol–water partition coefficient (Wildman–Crippen LogP) is 4.37. The molecule has 3 aromatic rings. The smallest absolute Gasteiger partial charge is 0.342 e. The number of rotatable bonds is 7. The third kappa shape index (κ3) is 4.72. The molecule has 0 bridgehead atoms. The fourth-order valence-corrected chi connectivity index (χ4v) is 3.52. The number of ether oxygens (including phenoxy) is 2. The molecule has 0 saturated carbocycles. The highest BCUT2D eigenvalue weighted by Crippen LogP contribution is 2.36. The van der Waals surface area contributed by atoms with Gasteiger partial charge in [-0.1, -0.05) is 30.3 Å². The van der Waals surface area contributed by atoms with Crippen LogP contribution in [0, 0.1) is 0 Å². The van der Waals surface area contributed by atoms with E-state index in [-0.39, 0.29) is 17.7 Å². The SMILES string of the molecule is CCOC(=O)c1c(-c2ccccc2)csc1NC(=O)C(C)OC(=O)c1ccoc1. The summed E-state index contributed by atoms with van der Waals surface area (Å²) in [5.74, 6) is -1.78. The molecule has 7 nitrogen and oxygen atoms in total. The highest BCUT2D eigenvalue weighted by Gasteiger charge is 2.25. The van der Waals surface area contributed by atoms with E-state index in [1.807, 2.05) is 30.3 Å². The van der Waals surface area contributed by atoms with Gasteiger partial charge in [0.25, 0.3) is 5.91 Å². The van der Waals surface area contributed by atoms with Crippen molar-refractivity contribution in [3.8, 4) is 11.1 Å². The summed E-state index contributed by atoms with van der Waals surface area (Å²) in [6.45, 7) is 3.36. The highest BCUT2D eigenvalue weighted by molar-refractivity contribution is 7.15. The summed E-state index contributed by atoms with van der Waals surface area (Å²) in [5, 5.41) is 4.78. The molecule has 150 valence electrons. The highest BCUT2D eigenvalue weighted by atomic mass is 32.1. The van der Waals surface area contributed by atoms with Gasteiger partial charge in [-0.2, -0.15) is 0 Å². The van der Waals surface area contributed by atoms with Crippen molar-refractivity contribution in [3.63, 3.8) is 0 Å². The van der Waals surface area contributed by atoms with Gasteiger partial charge in [-0.05, 0) is 25.5 Å². The molecular weight excluding hydrogens is 394 g/mol. The number of benzene rings is 1. The number of furan rings is 1. The van der Waals surface area contributed by atoms with Crippen LogP contribution in [0.2, 0.25) is 0 Å². The normalized spacial score (nSPS) is 11.5. The Bertz CT molecular complexity index is 994. The van der Waals surface area contributed by atoms with Crippen molar-refractivity contribution >= 4 is 34.2 Å². The number of hydrogen-bond acceptors (Lipinski definition) is 7. The Hall–Kier alpha value is -3.39. The van der Waals surface area contributed by atoms with Crippen LogP contribution in [0.15, 0.2) is 58.7 Å². The zero-order valence-corrected chi connectivity index (χ0v) is 16.7. The maximum absolute atomic E-state index is 12.5. The molecule has 2 aromatic heterocycles. The summed E-state index contributed by atoms with van der Waals surface area (Å²) in [5.41, 5.74) is 1.96. The van der Waals surface area contributed by atoms with Crippen molar-refractivity contribution in [2.75, 3.05) is 11.9 Å². The lowest BCUT2D eigenvalue weighted by atomic mass is 10.0. The minimum absolute atomic E-state index is 0.203. The second-order valence-corrected chi connectivity index (χ2v) is 6.87. The lowest BCUT2D eigenvalue weighted by Crippen LogP contribution is -2.30. The van der Waals surface area contributed by atoms with Gasteiger partial charge in [0, 0.05) is 10.9 Å². The summed E-state index contributed by atoms with van der Waals surface area (Å²) in [6, 6.07) is 10.8. The fourth-order valence-electron chi connectivity index (χ4n) is 2.56. The van der Waals surface area contributed by atoms with E-state index >= 15 is 0 Å². The van der Waals surface area contributed by atoms with Gasteiger partial charge in [0.15, 0.2) is 6.10 Å². The minimum atomic E-state index is -1.07. The molecule has 29 heavy (non-hydrogen) atoms. The number of carbonyl (C=O) groups is 3. The first-order valence-electron chi connectivity index (χ1n) is 8.89. The zero-order valence-electron chi connectivity index (χ0n) is 15.8. The average Bonchev–Trinajstić information content (AvgIpc) is 3.39. The zero-order chi connectivity index (χ0) is 20.8. The molecule has 2 heterocycles. The third-order valence-corrected chi connectivity index (χ3v) is 4.90. The van der Waals surface area contributed by atoms with Crippen LogP contribution in [0.3, 0.4) is 0 Å². The van der Waals surface area contributed by atoms with Gasteiger partial charge in [-0.25, -0.2) is 9.59 Å². The second kappa shape index (κ2) is 9.20. The van der Waals surface area contributed by atoms with Crippen LogP contribution in [-0.2, 0) is 14.3 Å². The molecule has 1 N–H and O–H groups in total. The van der Waals surface area contributed by atoms with Gasteiger partial charge in [0.1, 0.15) is 16.8 Å². The summed E-state index contributed by atoms with van der Waals surface area (Å²) in [6.07, 6.45) is 1.50. The van der Waals surface area contributed by atoms with E-state index in [4.69, 9.17) is 13.9 Å². The molecule has 0 radical (unpaired) electrons. The Labute approximate surface area is 171 Å². The molecule has 0 aliphatic carbocycles. The van der Waals surface area contributed by atoms with Crippen LogP contribution >= 0.6 is 11.3 Å². The van der Waals surface area contributed by atoms with E-state index < -0.39 is 23.9 Å². The molecule has 0 aliphatic rings. The molecule has 0 spiro atoms. The molecule has 0 aliphatic heterocycles. The number of anilines is 1. The van der Waals surface area contributed by atoms with Gasteiger partial charge in [-0.15, -0.1) is 11.3 Å². The molecule has 1 atom stereocenters. The molecule has 1 unspecified atom stereocenters. The Balaban J connectivity index is 1.80. The second-order valence-electron chi connectivity index (χ2n) is 5.99. The first-order chi connectivity index (χ1) is 14.0. The summed E-state index contributed by atoms with van der Waals surface area (Å²) >= 11 is 1.20. The number of hydrogen-bond donors (Lipinski definition) is 1. The summed E-state index contributed by atoms with van der Waals surface area (Å²) < 4.78 is 15.1. The monoisotopic (exact) mass is 413 g/mol. The van der Waals surface area contributed by atoms with Crippen LogP contribution < -0.4 is 5.32 Å². The van der Waals surface area contributed by atoms with Crippen LogP contribution in [-0.4, -0.2) is 30.6 Å². The Morgan fingerprint density at radius 2 is 1.90 bits per heavy atom. The van der Waals surface area contributed by atoms with Gasteiger partial charge < -0.3 is 19.2 Å². The Kier molecular flexibility index (Phi) is 6.46. The lowest BCUT2D eigenvalue weighted by molar-refractivity contribution is -0.123. The van der Waals surface area contributed by atoms with Crippen LogP contribution in [0.5, 0.6) is 0 Å². The van der Waals surface area contributed by atoms with Gasteiger partial charge >= 0.3 is 11.9 Å². The van der Waals surface area contributed by atoms with Crippen LogP contribution in [0.25, 0.3) is 11.1 Å². The average molecular weight is 413 g/mol. The van der Waals surface area contributed by atoms with Gasteiger partial charge in [0.05, 0.1) is 18.4 Å². The third-order valence-electron chi connectivity index (χ3n) is 4.00. The Morgan fingerprint density at radius 3 is 2.55 bits per heavy atom. The number of carbonyl (C=O) groups excluding carboxylic acids is 3. The van der Waals surface area contributed by atoms with E-state index in [0.29, 0.717) is 10.6 Å². The quantitative estimate of drug-likeness (QED) is 0.578. The molecule has 1 aromatic carbocycles. The standard InChI is InChI=1S/C21H19NO6S/c1-3-27-21(25)17-16(14-7-5-4-6-8-14)12-29-19(17)22-18(23)13(2)28-20(24)15-9-10-26-11-15/h4-13H,3H2,1-2H3,(H,22,23). The first-order valence-corrected chi connectivity index (χ1v) is 9.77. The molecule has 0 saturated heterocycles. The summed E-state index contributed by atoms with van der Waals surface area (Å²) in [4.78, 5) is 37.1. The lowest BCUT2D eigenvalue weighted by Gasteiger charge is -2.13. The number of esters is 2. The number of nitrogens with one attached hydrogen (secondary N) is 1. The topological polar surface area (TPSA) is 94.8 Å². The van der Waals surface area contributed by atoms with Gasteiger partial charge in [-0.3, -0.25) is 4.79 Å². The predicted molar refractivity (Wildman–Crippen MR) is 108 cm³/mol. The van der Waals surface area contributed by atoms with E-state index in [2.05, 4.69) is 5.32 Å². The maximum Gasteiger partial charge on any atom is 0.342 e. The molecule has 1 amide bonds. The van der Waals surface area contributed by atoms with E-state index in [0.717, 1.165) is 5.56 Å². The van der Waals surface area contributed by atoms with Gasteiger partial charge in [0.2, 0.25) is 0 Å². The van der Waals surface area contributed by atoms with Crippen LogP contribution in [0.4, 0.5) is 5.00 Å². The van der Waals surface area contributed by atoms with Crippen molar-refractivity contribution < 1.29 is 28.3 Å². The first kappa shape index (κ1) is 20.3. The van der Waals surface area contributed by atoms with Crippen LogP contribution in [0.1, 0.15) is 34.6 Å². The molecule has 8 heteroatoms. The molecule has 0 fully saturated rings. The number of thiophene rings is 1. The van der Waals surface area contributed by atoms with Crippen molar-refractivity contribution in [3.05, 3.63) is 65.4 Å². The van der Waals surface area contributed by atoms with Crippen molar-refractivity contribution in [1.82, 2.24) is 0 Å². The van der Waals surface area contributed by atoms with E-state index in [1.54, 1.807) is 12.3 Å². The van der Waals surface area contributed by atoms with E-state index in [9.17, 15) is 14.4 Å². The fraction of sp³-hybridized carbons (Fsp3) is 0.190. The maximum atomic E-state index is 12.5. The van der Waals surface area contributed by atoms with Crippen molar-refractivity contribution in [2.45, 2.75) is 20.0 Å². The summed E-state index contributed by atoms with van der Waals surface area (Å²) in [7, 11) is 0. The Morgan fingerprint density at radius 1 is 1.14 bits per heavy atom. The van der Waals surface area contributed by atoms with Crippen molar-refractivity contribution in [2.24, 2.45) is 0 Å². The molecule has 3 rings (SSSR count). The van der Waals surface area contributed by atoms with Crippen molar-refractivity contribution in [1.29, 1.82) is 0 Å². The number of amides is 1. The molecular formula is C21H19NO6S.